The zero-order valence-electron chi connectivity index (χ0n) is 12.2. The van der Waals surface area contributed by atoms with Gasteiger partial charge in [-0.15, -0.1) is 0 Å². The Morgan fingerprint density at radius 1 is 1.23 bits per heavy atom. The van der Waals surface area contributed by atoms with Crippen LogP contribution in [0.3, 0.4) is 0 Å². The Morgan fingerprint density at radius 2 is 2.09 bits per heavy atom. The molecule has 0 radical (unpaired) electrons. The molecule has 0 N–H and O–H groups in total. The molecule has 22 heavy (non-hydrogen) atoms. The molecule has 1 aromatic carbocycles. The molecule has 6 heteroatoms. The average molecular weight is 297 g/mol. The van der Waals surface area contributed by atoms with Crippen molar-refractivity contribution >= 4 is 17.4 Å². The number of benzene rings is 1. The second kappa shape index (κ2) is 4.69. The molecule has 2 aliphatic rings. The van der Waals surface area contributed by atoms with E-state index in [4.69, 9.17) is 4.74 Å². The number of ether oxygens (including phenoxy) is 1. The standard InChI is InChI=1S/C16H15N3O3/c1-18-12-6-5-10(7-14(12)22-8-15(18)21)19-9-17-11-3-2-4-13(20)16(11)19/h5-7,9H,2-4,8H2,1H3. The topological polar surface area (TPSA) is 64.4 Å². The van der Waals surface area contributed by atoms with Crippen molar-refractivity contribution < 1.29 is 14.3 Å². The lowest BCUT2D eigenvalue weighted by Crippen LogP contribution is -2.35. The number of anilines is 1. The third kappa shape index (κ3) is 1.83. The van der Waals surface area contributed by atoms with Crippen LogP contribution in [-0.2, 0) is 11.2 Å². The highest BCUT2D eigenvalue weighted by molar-refractivity contribution is 5.98. The Hall–Kier alpha value is -2.63. The van der Waals surface area contributed by atoms with Crippen LogP contribution in [0.5, 0.6) is 5.75 Å². The number of likely N-dealkylation sites (N-methyl/N-ethyl adjacent to an activating group) is 1. The van der Waals surface area contributed by atoms with Crippen molar-refractivity contribution in [2.75, 3.05) is 18.6 Å². The molecule has 0 atom stereocenters. The Labute approximate surface area is 127 Å². The third-order valence-electron chi connectivity index (χ3n) is 4.23. The number of fused-ring (bicyclic) bond motifs is 2. The molecule has 4 rings (SSSR count). The number of Topliss-reactive ketones (excluding diaryl/α,β-unsaturated/α-hetero) is 1. The van der Waals surface area contributed by atoms with Crippen molar-refractivity contribution in [3.05, 3.63) is 35.9 Å². The van der Waals surface area contributed by atoms with Gasteiger partial charge in [0.1, 0.15) is 17.8 Å². The first-order valence-electron chi connectivity index (χ1n) is 7.28. The number of imidazole rings is 1. The minimum absolute atomic E-state index is 0.0356. The quantitative estimate of drug-likeness (QED) is 0.804. The molecular formula is C16H15N3O3. The van der Waals surface area contributed by atoms with E-state index in [1.807, 2.05) is 22.8 Å². The highest BCUT2D eigenvalue weighted by Gasteiger charge is 2.26. The van der Waals surface area contributed by atoms with E-state index < -0.39 is 0 Å². The molecule has 1 aromatic heterocycles. The van der Waals surface area contributed by atoms with Crippen molar-refractivity contribution in [2.24, 2.45) is 0 Å². The maximum Gasteiger partial charge on any atom is 0.264 e. The smallest absolute Gasteiger partial charge is 0.264 e. The van der Waals surface area contributed by atoms with Crippen LogP contribution in [0.4, 0.5) is 5.69 Å². The van der Waals surface area contributed by atoms with Gasteiger partial charge in [-0.3, -0.25) is 14.2 Å². The van der Waals surface area contributed by atoms with Gasteiger partial charge >= 0.3 is 0 Å². The van der Waals surface area contributed by atoms with Gasteiger partial charge in [-0.2, -0.15) is 0 Å². The number of nitrogens with zero attached hydrogens (tertiary/aromatic N) is 3. The van der Waals surface area contributed by atoms with E-state index in [1.54, 1.807) is 18.3 Å². The van der Waals surface area contributed by atoms with E-state index in [0.717, 1.165) is 29.9 Å². The van der Waals surface area contributed by atoms with Gasteiger partial charge in [0.05, 0.1) is 17.1 Å². The van der Waals surface area contributed by atoms with Crippen LogP contribution in [0.15, 0.2) is 24.5 Å². The average Bonchev–Trinajstić information content (AvgIpc) is 2.96. The van der Waals surface area contributed by atoms with E-state index >= 15 is 0 Å². The monoisotopic (exact) mass is 297 g/mol. The number of hydrogen-bond donors (Lipinski definition) is 0. The first-order chi connectivity index (χ1) is 10.6. The van der Waals surface area contributed by atoms with E-state index in [9.17, 15) is 9.59 Å². The molecule has 2 aromatic rings. The van der Waals surface area contributed by atoms with E-state index in [1.165, 1.54) is 0 Å². The Bertz CT molecular complexity index is 794. The first kappa shape index (κ1) is 13.1. The maximum atomic E-state index is 12.2. The molecule has 112 valence electrons. The summed E-state index contributed by atoms with van der Waals surface area (Å²) >= 11 is 0. The van der Waals surface area contributed by atoms with Crippen LogP contribution in [-0.4, -0.2) is 34.9 Å². The van der Waals surface area contributed by atoms with Crippen molar-refractivity contribution in [1.82, 2.24) is 9.55 Å². The summed E-state index contributed by atoms with van der Waals surface area (Å²) in [4.78, 5) is 29.8. The predicted molar refractivity (Wildman–Crippen MR) is 79.7 cm³/mol. The lowest BCUT2D eigenvalue weighted by atomic mass is 9.99. The number of aromatic nitrogens is 2. The summed E-state index contributed by atoms with van der Waals surface area (Å²) in [7, 11) is 1.73. The van der Waals surface area contributed by atoms with Crippen LogP contribution in [0.2, 0.25) is 0 Å². The van der Waals surface area contributed by atoms with Crippen LogP contribution >= 0.6 is 0 Å². The SMILES string of the molecule is CN1C(=O)COc2cc(-n3cnc4c3C(=O)CCC4)ccc21. The van der Waals surface area contributed by atoms with E-state index in [0.29, 0.717) is 17.9 Å². The Morgan fingerprint density at radius 3 is 2.95 bits per heavy atom. The largest absolute Gasteiger partial charge is 0.481 e. The number of amides is 1. The summed E-state index contributed by atoms with van der Waals surface area (Å²) in [5.74, 6) is 0.699. The first-order valence-corrected chi connectivity index (χ1v) is 7.28. The number of carbonyl (C=O) groups excluding carboxylic acids is 2. The summed E-state index contributed by atoms with van der Waals surface area (Å²) in [6.45, 7) is 0.0356. The van der Waals surface area contributed by atoms with Crippen LogP contribution in [0, 0.1) is 0 Å². The molecule has 1 amide bonds. The van der Waals surface area contributed by atoms with Gasteiger partial charge in [0.25, 0.3) is 5.91 Å². The molecule has 0 saturated heterocycles. The lowest BCUT2D eigenvalue weighted by molar-refractivity contribution is -0.120. The molecule has 0 saturated carbocycles. The second-order valence-corrected chi connectivity index (χ2v) is 5.58. The fourth-order valence-corrected chi connectivity index (χ4v) is 3.01. The summed E-state index contributed by atoms with van der Waals surface area (Å²) in [6, 6.07) is 5.56. The molecule has 0 spiro atoms. The van der Waals surface area contributed by atoms with E-state index in [2.05, 4.69) is 4.98 Å². The number of ketones is 1. The number of rotatable bonds is 1. The molecule has 1 aliphatic heterocycles. The number of hydrogen-bond acceptors (Lipinski definition) is 4. The maximum absolute atomic E-state index is 12.2. The fraction of sp³-hybridized carbons (Fsp3) is 0.312. The van der Waals surface area contributed by atoms with Gasteiger partial charge in [0.15, 0.2) is 12.4 Å². The van der Waals surface area contributed by atoms with Crippen LogP contribution in [0.25, 0.3) is 5.69 Å². The molecule has 0 fully saturated rings. The Balaban J connectivity index is 1.81. The van der Waals surface area contributed by atoms with Gasteiger partial charge in [-0.25, -0.2) is 4.98 Å². The Kier molecular flexibility index (Phi) is 2.79. The fourth-order valence-electron chi connectivity index (χ4n) is 3.01. The zero-order chi connectivity index (χ0) is 15.3. The van der Waals surface area contributed by atoms with Gasteiger partial charge in [0, 0.05) is 19.5 Å². The normalized spacial score (nSPS) is 17.0. The predicted octanol–water partition coefficient (Wildman–Crippen LogP) is 1.75. The molecule has 0 bridgehead atoms. The summed E-state index contributed by atoms with van der Waals surface area (Å²) in [6.07, 6.45) is 3.96. The van der Waals surface area contributed by atoms with Crippen molar-refractivity contribution in [3.63, 3.8) is 0 Å². The van der Waals surface area contributed by atoms with Gasteiger partial charge < -0.3 is 9.64 Å². The van der Waals surface area contributed by atoms with Gasteiger partial charge in [0.2, 0.25) is 0 Å². The number of aryl methyl sites for hydroxylation is 1. The molecular weight excluding hydrogens is 282 g/mol. The van der Waals surface area contributed by atoms with Crippen molar-refractivity contribution in [2.45, 2.75) is 19.3 Å². The summed E-state index contributed by atoms with van der Waals surface area (Å²) in [5, 5.41) is 0. The highest BCUT2D eigenvalue weighted by Crippen LogP contribution is 2.34. The number of carbonyl (C=O) groups is 2. The van der Waals surface area contributed by atoms with Crippen LogP contribution in [0.1, 0.15) is 29.0 Å². The second-order valence-electron chi connectivity index (χ2n) is 5.58. The summed E-state index contributed by atoms with van der Waals surface area (Å²) < 4.78 is 7.32. The zero-order valence-corrected chi connectivity index (χ0v) is 12.2. The third-order valence-corrected chi connectivity index (χ3v) is 4.23. The molecule has 0 unspecified atom stereocenters. The molecule has 2 heterocycles. The minimum atomic E-state index is -0.0737. The van der Waals surface area contributed by atoms with E-state index in [-0.39, 0.29) is 18.3 Å². The minimum Gasteiger partial charge on any atom is -0.481 e. The van der Waals surface area contributed by atoms with Gasteiger partial charge in [-0.1, -0.05) is 0 Å². The summed E-state index contributed by atoms with van der Waals surface area (Å²) in [5.41, 5.74) is 3.10. The molecule has 6 nitrogen and oxygen atoms in total. The van der Waals surface area contributed by atoms with Crippen molar-refractivity contribution in [1.29, 1.82) is 0 Å². The highest BCUT2D eigenvalue weighted by atomic mass is 16.5. The molecule has 1 aliphatic carbocycles. The van der Waals surface area contributed by atoms with Crippen molar-refractivity contribution in [3.8, 4) is 11.4 Å². The van der Waals surface area contributed by atoms with Crippen LogP contribution < -0.4 is 9.64 Å². The van der Waals surface area contributed by atoms with Gasteiger partial charge in [-0.05, 0) is 25.0 Å². The lowest BCUT2D eigenvalue weighted by Gasteiger charge is -2.26.